The van der Waals surface area contributed by atoms with Crippen molar-refractivity contribution in [3.05, 3.63) is 59.4 Å². The maximum Gasteiger partial charge on any atom is 0.113 e. The summed E-state index contributed by atoms with van der Waals surface area (Å²) in [6.45, 7) is 12.6. The summed E-state index contributed by atoms with van der Waals surface area (Å²) in [7, 11) is 1.77. The molecule has 0 bridgehead atoms. The molecule has 4 heterocycles. The number of hydrogen-bond acceptors (Lipinski definition) is 9. The third-order valence-corrected chi connectivity index (χ3v) is 8.18. The number of fused-ring (bicyclic) bond motifs is 2. The summed E-state index contributed by atoms with van der Waals surface area (Å²) in [5.74, 6) is 0. The van der Waals surface area contributed by atoms with Crippen LogP contribution in [0, 0.1) is 11.3 Å². The van der Waals surface area contributed by atoms with Crippen molar-refractivity contribution in [1.29, 1.82) is 5.26 Å². The number of methoxy groups -OCH3 is 1. The zero-order chi connectivity index (χ0) is 26.8. The highest BCUT2D eigenvalue weighted by atomic mass is 16.5. The van der Waals surface area contributed by atoms with Gasteiger partial charge in [-0.15, -0.1) is 0 Å². The van der Waals surface area contributed by atoms with Crippen molar-refractivity contribution in [1.82, 2.24) is 19.8 Å². The molecular weight excluding hydrogens is 490 g/mol. The molecule has 204 valence electrons. The van der Waals surface area contributed by atoms with Gasteiger partial charge in [-0.05, 0) is 42.3 Å². The molecule has 0 radical (unpaired) electrons. The summed E-state index contributed by atoms with van der Waals surface area (Å²) in [5.41, 5.74) is 7.22. The molecule has 9 nitrogen and oxygen atoms in total. The molecule has 2 fully saturated rings. The van der Waals surface area contributed by atoms with Crippen LogP contribution in [-0.4, -0.2) is 98.1 Å². The zero-order valence-electron chi connectivity index (χ0n) is 22.9. The zero-order valence-corrected chi connectivity index (χ0v) is 22.9. The van der Waals surface area contributed by atoms with Gasteiger partial charge in [-0.25, -0.2) is 0 Å². The topological polar surface area (TPSA) is 81.0 Å². The molecule has 3 aliphatic heterocycles. The number of nitrogens with zero attached hydrogens (tertiary/aromatic N) is 7. The minimum atomic E-state index is 0.0880. The SMILES string of the molecule is COCCN1CCN(c2ccc3c(c2)CN(C[C@H]2CN(c4ccc(C#N)c5nccnc45)C[C@@H](C)O2)C3)CC1. The van der Waals surface area contributed by atoms with Gasteiger partial charge in [0.05, 0.1) is 30.1 Å². The molecule has 1 aromatic heterocycles. The molecule has 0 amide bonds. The van der Waals surface area contributed by atoms with E-state index in [1.807, 2.05) is 12.1 Å². The molecule has 39 heavy (non-hydrogen) atoms. The van der Waals surface area contributed by atoms with E-state index >= 15 is 0 Å². The van der Waals surface area contributed by atoms with E-state index in [9.17, 15) is 5.26 Å². The van der Waals surface area contributed by atoms with E-state index in [1.165, 1.54) is 16.8 Å². The van der Waals surface area contributed by atoms with E-state index < -0.39 is 0 Å². The number of benzene rings is 2. The van der Waals surface area contributed by atoms with E-state index in [-0.39, 0.29) is 12.2 Å². The van der Waals surface area contributed by atoms with Crippen molar-refractivity contribution in [2.24, 2.45) is 0 Å². The highest BCUT2D eigenvalue weighted by Gasteiger charge is 2.31. The van der Waals surface area contributed by atoms with Crippen LogP contribution in [0.25, 0.3) is 11.0 Å². The Kier molecular flexibility index (Phi) is 7.62. The fraction of sp³-hybridized carbons (Fsp3) is 0.500. The van der Waals surface area contributed by atoms with Crippen LogP contribution in [0.15, 0.2) is 42.7 Å². The largest absolute Gasteiger partial charge is 0.383 e. The molecule has 6 rings (SSSR count). The van der Waals surface area contributed by atoms with Gasteiger partial charge in [0.15, 0.2) is 0 Å². The lowest BCUT2D eigenvalue weighted by Crippen LogP contribution is -2.50. The first kappa shape index (κ1) is 26.0. The second-order valence-electron chi connectivity index (χ2n) is 10.9. The maximum absolute atomic E-state index is 9.52. The smallest absolute Gasteiger partial charge is 0.113 e. The molecular formula is C30H37N7O2. The lowest BCUT2D eigenvalue weighted by atomic mass is 10.1. The number of hydrogen-bond donors (Lipinski definition) is 0. The summed E-state index contributed by atoms with van der Waals surface area (Å²) in [4.78, 5) is 18.9. The Morgan fingerprint density at radius 2 is 1.74 bits per heavy atom. The van der Waals surface area contributed by atoms with Crippen molar-refractivity contribution in [2.45, 2.75) is 32.2 Å². The number of nitriles is 1. The molecule has 2 aromatic carbocycles. The average molecular weight is 528 g/mol. The summed E-state index contributed by atoms with van der Waals surface area (Å²) >= 11 is 0. The second-order valence-corrected chi connectivity index (χ2v) is 10.9. The highest BCUT2D eigenvalue weighted by molar-refractivity contribution is 5.92. The van der Waals surface area contributed by atoms with Gasteiger partial charge in [0.2, 0.25) is 0 Å². The Bertz CT molecular complexity index is 1350. The quantitative estimate of drug-likeness (QED) is 0.461. The normalized spacial score (nSPS) is 22.3. The number of anilines is 2. The fourth-order valence-electron chi connectivity index (χ4n) is 6.25. The fourth-order valence-corrected chi connectivity index (χ4v) is 6.25. The van der Waals surface area contributed by atoms with Crippen molar-refractivity contribution in [3.63, 3.8) is 0 Å². The first-order valence-corrected chi connectivity index (χ1v) is 14.0. The number of piperazine rings is 1. The minimum absolute atomic E-state index is 0.0880. The van der Waals surface area contributed by atoms with Gasteiger partial charge in [-0.1, -0.05) is 6.07 Å². The van der Waals surface area contributed by atoms with Crippen molar-refractivity contribution in [3.8, 4) is 6.07 Å². The molecule has 2 atom stereocenters. The summed E-state index contributed by atoms with van der Waals surface area (Å²) in [6, 6.07) is 13.1. The lowest BCUT2D eigenvalue weighted by Gasteiger charge is -2.39. The third kappa shape index (κ3) is 5.56. The predicted octanol–water partition coefficient (Wildman–Crippen LogP) is 2.88. The molecule has 9 heteroatoms. The van der Waals surface area contributed by atoms with Crippen LogP contribution in [0.1, 0.15) is 23.6 Å². The predicted molar refractivity (Wildman–Crippen MR) is 152 cm³/mol. The summed E-state index contributed by atoms with van der Waals surface area (Å²) < 4.78 is 11.7. The lowest BCUT2D eigenvalue weighted by molar-refractivity contribution is -0.0329. The standard InChI is InChI=1S/C30H37N7O2/c1-22-17-37(28-6-4-23(16-31)29-30(28)33-8-7-32-29)21-27(39-22)20-35-18-24-3-5-26(15-25(24)19-35)36-11-9-34(10-12-36)13-14-38-2/h3-8,15,22,27H,9-14,17-21H2,1-2H3/t22-,27+/m1/s1. The highest BCUT2D eigenvalue weighted by Crippen LogP contribution is 2.31. The monoisotopic (exact) mass is 527 g/mol. The average Bonchev–Trinajstić information content (AvgIpc) is 3.37. The van der Waals surface area contributed by atoms with Crippen LogP contribution in [0.4, 0.5) is 11.4 Å². The van der Waals surface area contributed by atoms with Crippen LogP contribution in [0.5, 0.6) is 0 Å². The van der Waals surface area contributed by atoms with Crippen LogP contribution < -0.4 is 9.80 Å². The van der Waals surface area contributed by atoms with Crippen LogP contribution >= 0.6 is 0 Å². The van der Waals surface area contributed by atoms with Crippen LogP contribution in [-0.2, 0) is 22.6 Å². The van der Waals surface area contributed by atoms with Crippen molar-refractivity contribution < 1.29 is 9.47 Å². The Labute approximate surface area is 230 Å². The molecule has 0 N–H and O–H groups in total. The number of rotatable bonds is 7. The number of aromatic nitrogens is 2. The maximum atomic E-state index is 9.52. The van der Waals surface area contributed by atoms with Gasteiger partial charge in [-0.3, -0.25) is 19.8 Å². The molecule has 3 aromatic rings. The first-order valence-electron chi connectivity index (χ1n) is 14.0. The van der Waals surface area contributed by atoms with Gasteiger partial charge in [0.1, 0.15) is 17.1 Å². The Hall–Kier alpha value is -3.29. The molecule has 2 saturated heterocycles. The number of morpholine rings is 1. The van der Waals surface area contributed by atoms with Gasteiger partial charge >= 0.3 is 0 Å². The summed E-state index contributed by atoms with van der Waals surface area (Å²) in [5, 5.41) is 9.52. The van der Waals surface area contributed by atoms with E-state index in [2.05, 4.69) is 60.8 Å². The Balaban J connectivity index is 1.10. The first-order chi connectivity index (χ1) is 19.1. The van der Waals surface area contributed by atoms with Crippen LogP contribution in [0.2, 0.25) is 0 Å². The molecule has 0 spiro atoms. The van der Waals surface area contributed by atoms with Gasteiger partial charge in [0.25, 0.3) is 0 Å². The summed E-state index contributed by atoms with van der Waals surface area (Å²) in [6.07, 6.45) is 3.54. The van der Waals surface area contributed by atoms with Crippen molar-refractivity contribution >= 4 is 22.4 Å². The second kappa shape index (κ2) is 11.4. The third-order valence-electron chi connectivity index (χ3n) is 8.18. The van der Waals surface area contributed by atoms with E-state index in [1.54, 1.807) is 19.5 Å². The van der Waals surface area contributed by atoms with Crippen LogP contribution in [0.3, 0.4) is 0 Å². The van der Waals surface area contributed by atoms with E-state index in [0.29, 0.717) is 11.1 Å². The Morgan fingerprint density at radius 3 is 2.54 bits per heavy atom. The van der Waals surface area contributed by atoms with Gasteiger partial charge in [-0.2, -0.15) is 5.26 Å². The molecule has 3 aliphatic rings. The number of ether oxygens (including phenoxy) is 2. The molecule has 0 saturated carbocycles. The van der Waals surface area contributed by atoms with E-state index in [4.69, 9.17) is 9.47 Å². The molecule has 0 unspecified atom stereocenters. The minimum Gasteiger partial charge on any atom is -0.383 e. The van der Waals surface area contributed by atoms with E-state index in [0.717, 1.165) is 83.3 Å². The Morgan fingerprint density at radius 1 is 0.949 bits per heavy atom. The van der Waals surface area contributed by atoms with Crippen molar-refractivity contribution in [2.75, 3.05) is 75.9 Å². The molecule has 0 aliphatic carbocycles. The van der Waals surface area contributed by atoms with Gasteiger partial charge < -0.3 is 19.3 Å². The van der Waals surface area contributed by atoms with Gasteiger partial charge in [0, 0.05) is 90.6 Å².